The van der Waals surface area contributed by atoms with E-state index in [4.69, 9.17) is 4.74 Å². The standard InChI is InChI=1S/C21H22N4O3/c1-25-17-4-2-3-5-18(17)28-11-16(21(25)27)22-20(26)19-14-10-13(12-6-7-12)8-9-15(14)23-24-19/h2-5,8-10,12,16-18H,6-7,11H2,1H3,(H,22,26)(H,23,24)/t16-,17?,18?/m0/s1. The van der Waals surface area contributed by atoms with Crippen LogP contribution in [-0.2, 0) is 9.53 Å². The summed E-state index contributed by atoms with van der Waals surface area (Å²) >= 11 is 0. The number of allylic oxidation sites excluding steroid dienone is 2. The summed E-state index contributed by atoms with van der Waals surface area (Å²) in [5.41, 5.74) is 2.37. The second kappa shape index (κ2) is 6.60. The van der Waals surface area contributed by atoms with Crippen LogP contribution in [0.25, 0.3) is 10.9 Å². The van der Waals surface area contributed by atoms with Crippen LogP contribution < -0.4 is 5.32 Å². The molecule has 0 bridgehead atoms. The average Bonchev–Trinajstić information content (AvgIpc) is 3.49. The lowest BCUT2D eigenvalue weighted by molar-refractivity contribution is -0.132. The molecule has 2 N–H and O–H groups in total. The van der Waals surface area contributed by atoms with Crippen molar-refractivity contribution in [3.05, 3.63) is 53.8 Å². The van der Waals surface area contributed by atoms with Crippen LogP contribution in [0.3, 0.4) is 0 Å². The molecule has 1 saturated carbocycles. The Hall–Kier alpha value is -2.93. The second-order valence-electron chi connectivity index (χ2n) is 7.69. The van der Waals surface area contributed by atoms with Crippen molar-refractivity contribution in [1.29, 1.82) is 0 Å². The van der Waals surface area contributed by atoms with E-state index in [2.05, 4.69) is 21.6 Å². The van der Waals surface area contributed by atoms with E-state index in [0.717, 1.165) is 10.9 Å². The van der Waals surface area contributed by atoms with Gasteiger partial charge in [0.15, 0.2) is 5.69 Å². The number of ether oxygens (including phenoxy) is 1. The number of fused-ring (bicyclic) bond motifs is 2. The molecule has 7 heteroatoms. The average molecular weight is 378 g/mol. The molecule has 1 aromatic carbocycles. The van der Waals surface area contributed by atoms with Crippen LogP contribution in [0.4, 0.5) is 0 Å². The number of nitrogens with zero attached hydrogens (tertiary/aromatic N) is 2. The minimum atomic E-state index is -0.747. The molecule has 3 aliphatic rings. The molecule has 2 aliphatic carbocycles. The molecule has 144 valence electrons. The van der Waals surface area contributed by atoms with Crippen LogP contribution in [0, 0.1) is 0 Å². The molecule has 1 aliphatic heterocycles. The molecule has 2 aromatic rings. The van der Waals surface area contributed by atoms with Crippen LogP contribution in [0.5, 0.6) is 0 Å². The van der Waals surface area contributed by atoms with Gasteiger partial charge >= 0.3 is 0 Å². The maximum Gasteiger partial charge on any atom is 0.273 e. The molecule has 1 aromatic heterocycles. The highest BCUT2D eigenvalue weighted by Crippen LogP contribution is 2.41. The molecule has 28 heavy (non-hydrogen) atoms. The van der Waals surface area contributed by atoms with Crippen molar-refractivity contribution in [2.45, 2.75) is 36.9 Å². The number of aromatic nitrogens is 2. The molecular formula is C21H22N4O3. The van der Waals surface area contributed by atoms with Crippen LogP contribution in [-0.4, -0.2) is 58.8 Å². The molecule has 2 unspecified atom stereocenters. The molecule has 0 spiro atoms. The van der Waals surface area contributed by atoms with Gasteiger partial charge in [-0.15, -0.1) is 0 Å². The van der Waals surface area contributed by atoms with Gasteiger partial charge in [-0.05, 0) is 36.5 Å². The summed E-state index contributed by atoms with van der Waals surface area (Å²) < 4.78 is 5.88. The molecule has 1 saturated heterocycles. The van der Waals surface area contributed by atoms with Crippen molar-refractivity contribution in [3.63, 3.8) is 0 Å². The van der Waals surface area contributed by atoms with Gasteiger partial charge in [0.1, 0.15) is 6.04 Å². The summed E-state index contributed by atoms with van der Waals surface area (Å²) in [5.74, 6) is 0.0509. The quantitative estimate of drug-likeness (QED) is 0.854. The lowest BCUT2D eigenvalue weighted by Gasteiger charge is -2.29. The van der Waals surface area contributed by atoms with E-state index in [9.17, 15) is 9.59 Å². The van der Waals surface area contributed by atoms with Gasteiger partial charge in [0.2, 0.25) is 5.91 Å². The van der Waals surface area contributed by atoms with Crippen molar-refractivity contribution >= 4 is 22.7 Å². The third-order valence-electron chi connectivity index (χ3n) is 5.76. The lowest BCUT2D eigenvalue weighted by Crippen LogP contribution is -2.50. The van der Waals surface area contributed by atoms with Gasteiger partial charge < -0.3 is 15.0 Å². The molecule has 2 fully saturated rings. The van der Waals surface area contributed by atoms with E-state index >= 15 is 0 Å². The summed E-state index contributed by atoms with van der Waals surface area (Å²) in [5, 5.41) is 10.7. The predicted molar refractivity (Wildman–Crippen MR) is 104 cm³/mol. The van der Waals surface area contributed by atoms with Gasteiger partial charge in [-0.2, -0.15) is 5.10 Å². The number of carbonyl (C=O) groups is 2. The highest BCUT2D eigenvalue weighted by Gasteiger charge is 2.36. The molecule has 2 heterocycles. The Bertz CT molecular complexity index is 1000. The minimum absolute atomic E-state index is 0.129. The number of benzene rings is 1. The van der Waals surface area contributed by atoms with Crippen molar-refractivity contribution in [2.24, 2.45) is 0 Å². The molecule has 3 atom stereocenters. The normalized spacial score (nSPS) is 27.0. The van der Waals surface area contributed by atoms with Gasteiger partial charge in [-0.3, -0.25) is 14.7 Å². The van der Waals surface area contributed by atoms with Crippen LogP contribution >= 0.6 is 0 Å². The topological polar surface area (TPSA) is 87.3 Å². The third-order valence-corrected chi connectivity index (χ3v) is 5.76. The Labute approximate surface area is 162 Å². The van der Waals surface area contributed by atoms with Crippen molar-refractivity contribution in [1.82, 2.24) is 20.4 Å². The minimum Gasteiger partial charge on any atom is -0.369 e. The number of likely N-dealkylation sites (N-methyl/N-ethyl adjacent to an activating group) is 1. The van der Waals surface area contributed by atoms with Gasteiger partial charge in [0.05, 0.1) is 24.3 Å². The van der Waals surface area contributed by atoms with Crippen molar-refractivity contribution < 1.29 is 14.3 Å². The first-order valence-corrected chi connectivity index (χ1v) is 9.64. The Morgan fingerprint density at radius 3 is 2.93 bits per heavy atom. The van der Waals surface area contributed by atoms with Crippen molar-refractivity contribution in [3.8, 4) is 0 Å². The number of H-pyrrole nitrogens is 1. The van der Waals surface area contributed by atoms with Crippen molar-refractivity contribution in [2.75, 3.05) is 13.7 Å². The molecule has 0 radical (unpaired) electrons. The fourth-order valence-corrected chi connectivity index (χ4v) is 3.96. The number of carbonyl (C=O) groups excluding carboxylic acids is 2. The molecule has 2 amide bonds. The highest BCUT2D eigenvalue weighted by atomic mass is 16.5. The predicted octanol–water partition coefficient (Wildman–Crippen LogP) is 1.89. The molecule has 7 nitrogen and oxygen atoms in total. The summed E-state index contributed by atoms with van der Waals surface area (Å²) in [4.78, 5) is 27.4. The maximum atomic E-state index is 12.9. The number of hydrogen-bond donors (Lipinski definition) is 2. The first kappa shape index (κ1) is 17.2. The van der Waals surface area contributed by atoms with Gasteiger partial charge in [0, 0.05) is 12.4 Å². The number of rotatable bonds is 3. The van der Waals surface area contributed by atoms with Gasteiger partial charge in [-0.1, -0.05) is 30.4 Å². The monoisotopic (exact) mass is 378 g/mol. The smallest absolute Gasteiger partial charge is 0.273 e. The highest BCUT2D eigenvalue weighted by molar-refractivity contribution is 6.06. The first-order chi connectivity index (χ1) is 13.6. The fraction of sp³-hybridized carbons (Fsp3) is 0.381. The van der Waals surface area contributed by atoms with Crippen LogP contribution in [0.2, 0.25) is 0 Å². The zero-order valence-electron chi connectivity index (χ0n) is 15.6. The summed E-state index contributed by atoms with van der Waals surface area (Å²) in [6.45, 7) is 0.129. The molecule has 5 rings (SSSR count). The number of aromatic amines is 1. The van der Waals surface area contributed by atoms with E-state index < -0.39 is 6.04 Å². The summed E-state index contributed by atoms with van der Waals surface area (Å²) in [6, 6.07) is 5.17. The zero-order chi connectivity index (χ0) is 19.3. The van der Waals surface area contributed by atoms with E-state index in [-0.39, 0.29) is 30.6 Å². The molecular weight excluding hydrogens is 356 g/mol. The Morgan fingerprint density at radius 2 is 2.11 bits per heavy atom. The Morgan fingerprint density at radius 1 is 1.29 bits per heavy atom. The number of amides is 2. The number of hydrogen-bond acceptors (Lipinski definition) is 4. The van der Waals surface area contributed by atoms with Gasteiger partial charge in [-0.25, -0.2) is 0 Å². The zero-order valence-corrected chi connectivity index (χ0v) is 15.6. The SMILES string of the molecule is CN1C(=O)[C@@H](NC(=O)c2n[nH]c3ccc(C4CC4)cc23)COC2C=CC=CC21. The number of nitrogens with one attached hydrogen (secondary N) is 2. The van der Waals surface area contributed by atoms with Crippen LogP contribution in [0.15, 0.2) is 42.5 Å². The van der Waals surface area contributed by atoms with Crippen LogP contribution in [0.1, 0.15) is 34.8 Å². The van der Waals surface area contributed by atoms with Gasteiger partial charge in [0.25, 0.3) is 5.91 Å². The van der Waals surface area contributed by atoms with E-state index in [1.807, 2.05) is 36.4 Å². The maximum absolute atomic E-state index is 12.9. The summed E-state index contributed by atoms with van der Waals surface area (Å²) in [7, 11) is 1.74. The van der Waals surface area contributed by atoms with E-state index in [1.54, 1.807) is 11.9 Å². The second-order valence-corrected chi connectivity index (χ2v) is 7.69. The van der Waals surface area contributed by atoms with E-state index in [1.165, 1.54) is 18.4 Å². The fourth-order valence-electron chi connectivity index (χ4n) is 3.96. The first-order valence-electron chi connectivity index (χ1n) is 9.64. The largest absolute Gasteiger partial charge is 0.369 e. The third kappa shape index (κ3) is 2.92. The lowest BCUT2D eigenvalue weighted by atomic mass is 10.0. The van der Waals surface area contributed by atoms with E-state index in [0.29, 0.717) is 11.6 Å². The summed E-state index contributed by atoms with van der Waals surface area (Å²) in [6.07, 6.45) is 9.86. The Balaban J connectivity index is 1.38. The Kier molecular flexibility index (Phi) is 4.05.